The van der Waals surface area contributed by atoms with Gasteiger partial charge in [-0.2, -0.15) is 0 Å². The largest absolute Gasteiger partial charge is 0.467 e. The minimum absolute atomic E-state index is 0.279. The number of carbonyl (C=O) groups excluding carboxylic acids is 2. The SMILES string of the molecule is Cc1ccccc1N1O[C@H]2C(=O)N(c3ccccc3)C(=O)[C@@H]2[C@@H]1c1ccco1. The van der Waals surface area contributed by atoms with E-state index in [0.29, 0.717) is 11.4 Å². The monoisotopic (exact) mass is 374 g/mol. The summed E-state index contributed by atoms with van der Waals surface area (Å²) in [5.41, 5.74) is 2.35. The number of amides is 2. The van der Waals surface area contributed by atoms with Gasteiger partial charge >= 0.3 is 0 Å². The Morgan fingerprint density at radius 1 is 0.857 bits per heavy atom. The van der Waals surface area contributed by atoms with E-state index >= 15 is 0 Å². The van der Waals surface area contributed by atoms with Crippen LogP contribution in [0.2, 0.25) is 0 Å². The number of aryl methyl sites for hydroxylation is 1. The van der Waals surface area contributed by atoms with Gasteiger partial charge in [-0.3, -0.25) is 14.4 Å². The van der Waals surface area contributed by atoms with Crippen molar-refractivity contribution in [1.82, 2.24) is 0 Å². The predicted molar refractivity (Wildman–Crippen MR) is 102 cm³/mol. The molecule has 0 bridgehead atoms. The van der Waals surface area contributed by atoms with Gasteiger partial charge < -0.3 is 4.42 Å². The van der Waals surface area contributed by atoms with Gasteiger partial charge in [0.2, 0.25) is 5.91 Å². The number of rotatable bonds is 3. The number of imide groups is 1. The van der Waals surface area contributed by atoms with Crippen molar-refractivity contribution >= 4 is 23.2 Å². The molecule has 6 nitrogen and oxygen atoms in total. The smallest absolute Gasteiger partial charge is 0.266 e. The Morgan fingerprint density at radius 3 is 2.32 bits per heavy atom. The van der Waals surface area contributed by atoms with Crippen LogP contribution < -0.4 is 9.96 Å². The van der Waals surface area contributed by atoms with Crippen LogP contribution in [0.25, 0.3) is 0 Å². The van der Waals surface area contributed by atoms with Crippen LogP contribution in [-0.4, -0.2) is 17.9 Å². The van der Waals surface area contributed by atoms with Crippen LogP contribution in [0.1, 0.15) is 17.4 Å². The van der Waals surface area contributed by atoms with E-state index in [4.69, 9.17) is 9.25 Å². The lowest BCUT2D eigenvalue weighted by Gasteiger charge is -2.28. The first-order valence-electron chi connectivity index (χ1n) is 9.15. The van der Waals surface area contributed by atoms with Crippen molar-refractivity contribution in [3.05, 3.63) is 84.3 Å². The maximum atomic E-state index is 13.3. The quantitative estimate of drug-likeness (QED) is 0.655. The van der Waals surface area contributed by atoms with Crippen molar-refractivity contribution in [3.8, 4) is 0 Å². The third kappa shape index (κ3) is 2.38. The van der Waals surface area contributed by atoms with Gasteiger partial charge in [0.1, 0.15) is 17.7 Å². The third-order valence-electron chi connectivity index (χ3n) is 5.32. The van der Waals surface area contributed by atoms with Crippen molar-refractivity contribution < 1.29 is 18.8 Å². The molecule has 2 amide bonds. The Bertz CT molecular complexity index is 1030. The van der Waals surface area contributed by atoms with E-state index in [2.05, 4.69) is 0 Å². The minimum Gasteiger partial charge on any atom is -0.467 e. The van der Waals surface area contributed by atoms with Crippen LogP contribution in [0.4, 0.5) is 11.4 Å². The number of hydrogen-bond acceptors (Lipinski definition) is 5. The molecule has 3 atom stereocenters. The van der Waals surface area contributed by atoms with Crippen LogP contribution in [0.15, 0.2) is 77.4 Å². The van der Waals surface area contributed by atoms with Crippen LogP contribution in [-0.2, 0) is 14.4 Å². The Morgan fingerprint density at radius 2 is 1.61 bits per heavy atom. The molecule has 0 saturated carbocycles. The van der Waals surface area contributed by atoms with Crippen LogP contribution in [0.5, 0.6) is 0 Å². The second-order valence-electron chi connectivity index (χ2n) is 6.97. The van der Waals surface area contributed by atoms with Gasteiger partial charge in [0.25, 0.3) is 5.91 Å². The van der Waals surface area contributed by atoms with Crippen molar-refractivity contribution in [3.63, 3.8) is 0 Å². The number of anilines is 2. The molecule has 3 aromatic rings. The molecule has 5 rings (SSSR count). The number of carbonyl (C=O) groups is 2. The summed E-state index contributed by atoms with van der Waals surface area (Å²) in [6.45, 7) is 1.96. The van der Waals surface area contributed by atoms with Gasteiger partial charge in [-0.05, 0) is 42.8 Å². The third-order valence-corrected chi connectivity index (χ3v) is 5.32. The molecule has 140 valence electrons. The number of hydroxylamine groups is 1. The summed E-state index contributed by atoms with van der Waals surface area (Å²) in [6.07, 6.45) is 0.678. The van der Waals surface area contributed by atoms with Crippen molar-refractivity contribution in [2.24, 2.45) is 5.92 Å². The first kappa shape index (κ1) is 16.8. The lowest BCUT2D eigenvalue weighted by atomic mass is 9.94. The first-order valence-corrected chi connectivity index (χ1v) is 9.15. The summed E-state index contributed by atoms with van der Waals surface area (Å²) in [4.78, 5) is 33.7. The van der Waals surface area contributed by atoms with Gasteiger partial charge in [0.15, 0.2) is 6.10 Å². The molecule has 0 aliphatic carbocycles. The summed E-state index contributed by atoms with van der Waals surface area (Å²) >= 11 is 0. The highest BCUT2D eigenvalue weighted by Crippen LogP contribution is 2.48. The zero-order valence-corrected chi connectivity index (χ0v) is 15.2. The highest BCUT2D eigenvalue weighted by Gasteiger charge is 2.61. The standard InChI is InChI=1S/C22H18N2O4/c1-14-8-5-6-11-16(14)24-19(17-12-7-13-27-17)18-20(28-24)22(26)23(21(18)25)15-9-3-2-4-10-15/h2-13,18-20H,1H3/t18-,19+,20-/m1/s1. The summed E-state index contributed by atoms with van der Waals surface area (Å²) in [7, 11) is 0. The highest BCUT2D eigenvalue weighted by atomic mass is 16.7. The zero-order valence-electron chi connectivity index (χ0n) is 15.2. The van der Waals surface area contributed by atoms with Crippen LogP contribution in [0, 0.1) is 12.8 Å². The molecule has 2 fully saturated rings. The first-order chi connectivity index (χ1) is 13.7. The lowest BCUT2D eigenvalue weighted by molar-refractivity contribution is -0.126. The molecule has 3 heterocycles. The van der Waals surface area contributed by atoms with Crippen molar-refractivity contribution in [2.45, 2.75) is 19.1 Å². The second-order valence-corrected chi connectivity index (χ2v) is 6.97. The fourth-order valence-electron chi connectivity index (χ4n) is 4.01. The Kier molecular flexibility index (Phi) is 3.80. The van der Waals surface area contributed by atoms with Crippen LogP contribution >= 0.6 is 0 Å². The van der Waals surface area contributed by atoms with E-state index in [1.165, 1.54) is 4.90 Å². The Labute approximate surface area is 161 Å². The number of furan rings is 1. The maximum Gasteiger partial charge on any atom is 0.266 e. The van der Waals surface area contributed by atoms with Gasteiger partial charge in [-0.15, -0.1) is 0 Å². The highest BCUT2D eigenvalue weighted by molar-refractivity contribution is 6.23. The molecular weight excluding hydrogens is 356 g/mol. The number of hydrogen-bond donors (Lipinski definition) is 0. The maximum absolute atomic E-state index is 13.3. The fourth-order valence-corrected chi connectivity index (χ4v) is 4.01. The molecule has 28 heavy (non-hydrogen) atoms. The van der Waals surface area contributed by atoms with E-state index < -0.39 is 18.1 Å². The van der Waals surface area contributed by atoms with Gasteiger partial charge in [-0.1, -0.05) is 36.4 Å². The minimum atomic E-state index is -0.887. The van der Waals surface area contributed by atoms with E-state index in [1.807, 2.05) is 43.3 Å². The normalized spacial score (nSPS) is 24.1. The number of para-hydroxylation sites is 2. The number of benzene rings is 2. The number of fused-ring (bicyclic) bond motifs is 1. The second kappa shape index (κ2) is 6.35. The molecule has 2 aromatic carbocycles. The molecular formula is C22H18N2O4. The van der Waals surface area contributed by atoms with Gasteiger partial charge in [0, 0.05) is 0 Å². The summed E-state index contributed by atoms with van der Waals surface area (Å²) in [5.74, 6) is -0.724. The number of nitrogens with zero attached hydrogens (tertiary/aromatic N) is 2. The lowest BCUT2D eigenvalue weighted by Crippen LogP contribution is -2.37. The predicted octanol–water partition coefficient (Wildman–Crippen LogP) is 3.64. The Balaban J connectivity index is 1.59. The average molecular weight is 374 g/mol. The summed E-state index contributed by atoms with van der Waals surface area (Å²) in [5, 5.41) is 1.65. The fraction of sp³-hybridized carbons (Fsp3) is 0.182. The summed E-state index contributed by atoms with van der Waals surface area (Å²) in [6, 6.07) is 19.7. The molecule has 6 heteroatoms. The van der Waals surface area contributed by atoms with E-state index in [9.17, 15) is 9.59 Å². The topological polar surface area (TPSA) is 63.0 Å². The molecule has 1 aromatic heterocycles. The van der Waals surface area contributed by atoms with E-state index in [1.54, 1.807) is 41.7 Å². The zero-order chi connectivity index (χ0) is 19.3. The van der Waals surface area contributed by atoms with E-state index in [0.717, 1.165) is 11.3 Å². The molecule has 0 radical (unpaired) electrons. The van der Waals surface area contributed by atoms with Crippen molar-refractivity contribution in [1.29, 1.82) is 0 Å². The Hall–Kier alpha value is -3.38. The molecule has 0 N–H and O–H groups in total. The molecule has 2 saturated heterocycles. The van der Waals surface area contributed by atoms with Crippen LogP contribution in [0.3, 0.4) is 0 Å². The average Bonchev–Trinajstić information content (AvgIpc) is 3.41. The molecule has 0 spiro atoms. The van der Waals surface area contributed by atoms with E-state index in [-0.39, 0.29) is 11.8 Å². The summed E-state index contributed by atoms with van der Waals surface area (Å²) < 4.78 is 5.64. The van der Waals surface area contributed by atoms with Crippen molar-refractivity contribution in [2.75, 3.05) is 9.96 Å². The molecule has 0 unspecified atom stereocenters. The molecule has 2 aliphatic rings. The van der Waals surface area contributed by atoms with Gasteiger partial charge in [0.05, 0.1) is 17.6 Å². The van der Waals surface area contributed by atoms with Gasteiger partial charge in [-0.25, -0.2) is 9.96 Å². The molecule has 2 aliphatic heterocycles.